The van der Waals surface area contributed by atoms with E-state index in [0.29, 0.717) is 28.6 Å². The Morgan fingerprint density at radius 1 is 0.894 bits per heavy atom. The second-order valence-electron chi connectivity index (χ2n) is 10.6. The summed E-state index contributed by atoms with van der Waals surface area (Å²) in [7, 11) is 3.15. The first kappa shape index (κ1) is 30.7. The lowest BCUT2D eigenvalue weighted by molar-refractivity contribution is 0.102. The van der Waals surface area contributed by atoms with Gasteiger partial charge in [-0.2, -0.15) is 0 Å². The number of aryl methyl sites for hydroxylation is 1. The molecule has 0 bridgehead atoms. The number of hydrogen-bond acceptors (Lipinski definition) is 9. The molecule has 0 unspecified atom stereocenters. The molecule has 3 aromatic carbocycles. The Hall–Kier alpha value is -6.30. The van der Waals surface area contributed by atoms with E-state index < -0.39 is 11.3 Å². The minimum atomic E-state index is -0.634. The average Bonchev–Trinajstić information content (AvgIpc) is 3.52. The number of anilines is 2. The highest BCUT2D eigenvalue weighted by Gasteiger charge is 2.20. The molecular weight excluding hydrogens is 603 g/mol. The molecule has 47 heavy (non-hydrogen) atoms. The molecule has 12 heteroatoms. The van der Waals surface area contributed by atoms with Gasteiger partial charge in [-0.05, 0) is 59.2 Å². The van der Waals surface area contributed by atoms with Crippen molar-refractivity contribution in [1.82, 2.24) is 19.7 Å². The number of hydrogen-bond donors (Lipinski definition) is 2. The second-order valence-corrected chi connectivity index (χ2v) is 10.6. The molecule has 0 aliphatic carbocycles. The highest BCUT2D eigenvalue weighted by Crippen LogP contribution is 2.35. The van der Waals surface area contributed by atoms with E-state index in [1.165, 1.54) is 24.5 Å². The topological polar surface area (TPSA) is 147 Å². The molecule has 11 nitrogen and oxygen atoms in total. The maximum absolute atomic E-state index is 13.5. The predicted molar refractivity (Wildman–Crippen MR) is 175 cm³/mol. The molecule has 0 atom stereocenters. The van der Waals surface area contributed by atoms with Crippen LogP contribution in [0.4, 0.5) is 15.9 Å². The number of nitrogens with one attached hydrogen (secondary N) is 1. The van der Waals surface area contributed by atoms with Crippen LogP contribution in [0.3, 0.4) is 0 Å². The Morgan fingerprint density at radius 3 is 2.30 bits per heavy atom. The van der Waals surface area contributed by atoms with E-state index in [2.05, 4.69) is 20.5 Å². The Labute approximate surface area is 268 Å². The zero-order valence-electron chi connectivity index (χ0n) is 25.7. The van der Waals surface area contributed by atoms with Crippen molar-refractivity contribution >= 4 is 17.4 Å². The third kappa shape index (κ3) is 6.57. The highest BCUT2D eigenvalue weighted by molar-refractivity contribution is 6.04. The number of carbonyl (C=O) groups is 1. The van der Waals surface area contributed by atoms with E-state index >= 15 is 0 Å². The second kappa shape index (κ2) is 13.0. The van der Waals surface area contributed by atoms with Crippen LogP contribution < -0.4 is 26.0 Å². The van der Waals surface area contributed by atoms with E-state index in [9.17, 15) is 14.0 Å². The average molecular weight is 633 g/mol. The number of methoxy groups -OCH3 is 2. The van der Waals surface area contributed by atoms with Crippen molar-refractivity contribution in [3.63, 3.8) is 0 Å². The Balaban J connectivity index is 1.27. The van der Waals surface area contributed by atoms with Gasteiger partial charge in [0.25, 0.3) is 11.8 Å². The lowest BCUT2D eigenvalue weighted by Gasteiger charge is -2.13. The molecule has 1 amide bonds. The van der Waals surface area contributed by atoms with Crippen LogP contribution in [-0.2, 0) is 6.54 Å². The van der Waals surface area contributed by atoms with Crippen LogP contribution in [0.25, 0.3) is 33.7 Å². The van der Waals surface area contributed by atoms with E-state index in [-0.39, 0.29) is 35.3 Å². The van der Waals surface area contributed by atoms with E-state index in [0.717, 1.165) is 22.3 Å². The molecule has 3 N–H and O–H groups in total. The quantitative estimate of drug-likeness (QED) is 0.197. The van der Waals surface area contributed by atoms with Crippen molar-refractivity contribution in [3.8, 4) is 45.2 Å². The van der Waals surface area contributed by atoms with Gasteiger partial charge in [-0.25, -0.2) is 9.37 Å². The smallest absolute Gasteiger partial charge is 0.261 e. The van der Waals surface area contributed by atoms with E-state index in [1.807, 2.05) is 24.3 Å². The minimum Gasteiger partial charge on any atom is -0.493 e. The summed E-state index contributed by atoms with van der Waals surface area (Å²) in [4.78, 5) is 31.4. The Bertz CT molecular complexity index is 2140. The third-order valence-electron chi connectivity index (χ3n) is 7.45. The van der Waals surface area contributed by atoms with Crippen molar-refractivity contribution in [3.05, 3.63) is 124 Å². The monoisotopic (exact) mass is 632 g/mol. The molecule has 6 rings (SSSR count). The lowest BCUT2D eigenvalue weighted by Crippen LogP contribution is -2.25. The predicted octanol–water partition coefficient (Wildman–Crippen LogP) is 5.97. The van der Waals surface area contributed by atoms with Crippen molar-refractivity contribution in [1.29, 1.82) is 0 Å². The Kier molecular flexibility index (Phi) is 8.48. The molecule has 0 aliphatic rings. The number of amides is 1. The van der Waals surface area contributed by atoms with E-state index in [4.69, 9.17) is 19.6 Å². The van der Waals surface area contributed by atoms with Crippen LogP contribution in [0.1, 0.15) is 21.8 Å². The summed E-state index contributed by atoms with van der Waals surface area (Å²) < 4.78 is 31.4. The molecule has 0 fully saturated rings. The number of ether oxygens (including phenoxy) is 2. The standard InChI is InChI=1S/C35H29FN6O5/c1-20-40-41-35(47-20)29-19-42(17-21-4-9-25(36)10-5-21)18-28(32(29)43)34(44)39-26-11-6-22(7-12-26)27-14-24(16-38-33(27)37)23-8-13-30(45-2)31(15-23)46-3/h4-16,18-19H,17H2,1-3H3,(H2,37,38)(H,39,44). The number of nitrogens with two attached hydrogens (primary N) is 1. The number of nitrogens with zero attached hydrogens (tertiary/aromatic N) is 4. The van der Waals surface area contributed by atoms with Crippen LogP contribution in [0.2, 0.25) is 0 Å². The van der Waals surface area contributed by atoms with Gasteiger partial charge in [-0.3, -0.25) is 9.59 Å². The van der Waals surface area contributed by atoms with Gasteiger partial charge in [0.15, 0.2) is 11.5 Å². The van der Waals surface area contributed by atoms with Gasteiger partial charge in [-0.15, -0.1) is 10.2 Å². The summed E-state index contributed by atoms with van der Waals surface area (Å²) in [6.45, 7) is 1.86. The van der Waals surface area contributed by atoms with Gasteiger partial charge in [0.2, 0.25) is 11.3 Å². The van der Waals surface area contributed by atoms with Crippen LogP contribution >= 0.6 is 0 Å². The minimum absolute atomic E-state index is 0.0131. The normalized spacial score (nSPS) is 10.9. The van der Waals surface area contributed by atoms with Crippen LogP contribution in [0, 0.1) is 12.7 Å². The number of benzene rings is 3. The largest absolute Gasteiger partial charge is 0.493 e. The van der Waals surface area contributed by atoms with E-state index in [1.54, 1.807) is 68.3 Å². The molecule has 0 saturated heterocycles. The third-order valence-corrected chi connectivity index (χ3v) is 7.45. The van der Waals surface area contributed by atoms with Crippen molar-refractivity contribution < 1.29 is 23.1 Å². The van der Waals surface area contributed by atoms with Crippen LogP contribution in [-0.4, -0.2) is 39.9 Å². The molecule has 0 spiro atoms. The zero-order chi connectivity index (χ0) is 33.1. The molecule has 6 aromatic rings. The SMILES string of the molecule is COc1ccc(-c2cnc(N)c(-c3ccc(NC(=O)c4cn(Cc5ccc(F)cc5)cc(-c5nnc(C)o5)c4=O)cc3)c2)cc1OC. The van der Waals surface area contributed by atoms with Crippen LogP contribution in [0.15, 0.2) is 101 Å². The van der Waals surface area contributed by atoms with Gasteiger partial charge in [0, 0.05) is 48.9 Å². The first-order valence-electron chi connectivity index (χ1n) is 14.4. The summed E-state index contributed by atoms with van der Waals surface area (Å²) in [6.07, 6.45) is 4.65. The van der Waals surface area contributed by atoms with Gasteiger partial charge < -0.3 is 29.5 Å². The van der Waals surface area contributed by atoms with Gasteiger partial charge >= 0.3 is 0 Å². The summed E-state index contributed by atoms with van der Waals surface area (Å²) in [5.74, 6) is 0.784. The lowest BCUT2D eigenvalue weighted by atomic mass is 10.0. The highest BCUT2D eigenvalue weighted by atomic mass is 19.1. The summed E-state index contributed by atoms with van der Waals surface area (Å²) in [5, 5.41) is 10.6. The molecule has 236 valence electrons. The molecule has 3 heterocycles. The maximum atomic E-state index is 13.5. The number of halogens is 1. The number of rotatable bonds is 9. The van der Waals surface area contributed by atoms with Crippen LogP contribution in [0.5, 0.6) is 11.5 Å². The molecule has 3 aromatic heterocycles. The summed E-state index contributed by atoms with van der Waals surface area (Å²) >= 11 is 0. The van der Waals surface area contributed by atoms with Crippen molar-refractivity contribution in [2.24, 2.45) is 0 Å². The first-order valence-corrected chi connectivity index (χ1v) is 14.4. The number of aromatic nitrogens is 4. The number of carbonyl (C=O) groups excluding carboxylic acids is 1. The molecule has 0 aliphatic heterocycles. The summed E-state index contributed by atoms with van der Waals surface area (Å²) in [5.41, 5.74) is 9.96. The maximum Gasteiger partial charge on any atom is 0.261 e. The number of nitrogen functional groups attached to an aromatic ring is 1. The summed E-state index contributed by atoms with van der Waals surface area (Å²) in [6, 6.07) is 20.4. The Morgan fingerprint density at radius 2 is 1.62 bits per heavy atom. The van der Waals surface area contributed by atoms with Gasteiger partial charge in [0.1, 0.15) is 22.8 Å². The van der Waals surface area contributed by atoms with Crippen molar-refractivity contribution in [2.45, 2.75) is 13.5 Å². The zero-order valence-corrected chi connectivity index (χ0v) is 25.7. The fraction of sp³-hybridized carbons (Fsp3) is 0.114. The first-order chi connectivity index (χ1) is 22.7. The molecular formula is C35H29FN6O5. The fourth-order valence-corrected chi connectivity index (χ4v) is 5.05. The molecule has 0 radical (unpaired) electrons. The van der Waals surface area contributed by atoms with Crippen molar-refractivity contribution in [2.75, 3.05) is 25.3 Å². The van der Waals surface area contributed by atoms with Gasteiger partial charge in [0.05, 0.1) is 14.2 Å². The van der Waals surface area contributed by atoms with Gasteiger partial charge in [-0.1, -0.05) is 30.3 Å². The number of pyridine rings is 2. The fourth-order valence-electron chi connectivity index (χ4n) is 5.05. The molecule has 0 saturated carbocycles.